The number of unbranched alkanes of at least 4 members (excludes halogenated alkanes) is 12. The van der Waals surface area contributed by atoms with E-state index in [9.17, 15) is 15.0 Å². The van der Waals surface area contributed by atoms with E-state index in [1.54, 1.807) is 6.08 Å². The first-order chi connectivity index (χ1) is 16.2. The Balaban J connectivity index is 3.67. The van der Waals surface area contributed by atoms with Gasteiger partial charge in [0.25, 0.3) is 0 Å². The second kappa shape index (κ2) is 25.2. The predicted molar refractivity (Wildman–Crippen MR) is 142 cm³/mol. The summed E-state index contributed by atoms with van der Waals surface area (Å²) in [6.07, 6.45) is 30.9. The van der Waals surface area contributed by atoms with Crippen molar-refractivity contribution in [2.75, 3.05) is 6.61 Å². The molecule has 0 saturated carbocycles. The molecule has 1 amide bonds. The van der Waals surface area contributed by atoms with Crippen LogP contribution >= 0.6 is 0 Å². The molecule has 0 spiro atoms. The molecule has 3 N–H and O–H groups in total. The molecule has 0 aliphatic rings. The van der Waals surface area contributed by atoms with E-state index in [2.05, 4.69) is 43.5 Å². The van der Waals surface area contributed by atoms with Crippen molar-refractivity contribution in [1.82, 2.24) is 5.32 Å². The van der Waals surface area contributed by atoms with E-state index in [1.807, 2.05) is 6.08 Å². The zero-order valence-electron chi connectivity index (χ0n) is 21.6. The van der Waals surface area contributed by atoms with E-state index in [-0.39, 0.29) is 12.5 Å². The van der Waals surface area contributed by atoms with Crippen molar-refractivity contribution < 1.29 is 15.0 Å². The van der Waals surface area contributed by atoms with E-state index < -0.39 is 12.1 Å². The molecular formula is C29H53NO3. The lowest BCUT2D eigenvalue weighted by atomic mass is 10.1. The molecular weight excluding hydrogens is 410 g/mol. The highest BCUT2D eigenvalue weighted by Gasteiger charge is 2.17. The van der Waals surface area contributed by atoms with E-state index in [4.69, 9.17) is 0 Å². The number of nitrogens with one attached hydrogen (secondary N) is 1. The van der Waals surface area contributed by atoms with Crippen LogP contribution in [0, 0.1) is 0 Å². The quantitative estimate of drug-likeness (QED) is 0.111. The lowest BCUT2D eigenvalue weighted by Crippen LogP contribution is -2.45. The maximum Gasteiger partial charge on any atom is 0.220 e. The number of carbonyl (C=O) groups excluding carboxylic acids is 1. The Labute approximate surface area is 204 Å². The minimum Gasteiger partial charge on any atom is -0.394 e. The largest absolute Gasteiger partial charge is 0.394 e. The summed E-state index contributed by atoms with van der Waals surface area (Å²) in [6.45, 7) is 4.15. The van der Waals surface area contributed by atoms with Crippen LogP contribution in [0.15, 0.2) is 36.5 Å². The number of carbonyl (C=O) groups is 1. The number of hydrogen-bond donors (Lipinski definition) is 3. The molecule has 0 aliphatic heterocycles. The Morgan fingerprint density at radius 1 is 0.727 bits per heavy atom. The minimum absolute atomic E-state index is 0.0890. The van der Waals surface area contributed by atoms with Crippen LogP contribution in [-0.2, 0) is 4.79 Å². The molecule has 2 atom stereocenters. The first-order valence-electron chi connectivity index (χ1n) is 13.7. The fourth-order valence-corrected chi connectivity index (χ4v) is 3.67. The molecule has 33 heavy (non-hydrogen) atoms. The molecule has 0 aliphatic carbocycles. The summed E-state index contributed by atoms with van der Waals surface area (Å²) in [6, 6.07) is -0.623. The number of aliphatic hydroxyl groups is 2. The summed E-state index contributed by atoms with van der Waals surface area (Å²) in [5.74, 6) is -0.0890. The topological polar surface area (TPSA) is 69.6 Å². The predicted octanol–water partition coefficient (Wildman–Crippen LogP) is 7.16. The maximum absolute atomic E-state index is 12.1. The summed E-state index contributed by atoms with van der Waals surface area (Å²) in [5, 5.41) is 22.4. The molecule has 0 bridgehead atoms. The fraction of sp³-hybridized carbons (Fsp3) is 0.759. The van der Waals surface area contributed by atoms with Crippen molar-refractivity contribution in [2.24, 2.45) is 0 Å². The second-order valence-corrected chi connectivity index (χ2v) is 9.11. The number of hydrogen-bond acceptors (Lipinski definition) is 3. The van der Waals surface area contributed by atoms with E-state index in [1.165, 1.54) is 57.8 Å². The van der Waals surface area contributed by atoms with Crippen LogP contribution in [-0.4, -0.2) is 34.9 Å². The zero-order chi connectivity index (χ0) is 24.4. The van der Waals surface area contributed by atoms with Gasteiger partial charge in [0.05, 0.1) is 18.8 Å². The summed E-state index contributed by atoms with van der Waals surface area (Å²) in [4.78, 5) is 12.1. The van der Waals surface area contributed by atoms with Crippen LogP contribution in [0.4, 0.5) is 0 Å². The van der Waals surface area contributed by atoms with Crippen molar-refractivity contribution in [1.29, 1.82) is 0 Å². The molecule has 0 aromatic carbocycles. The lowest BCUT2D eigenvalue weighted by molar-refractivity contribution is -0.123. The number of rotatable bonds is 23. The standard InChI is InChI=1S/C29H53NO3/c1-3-5-7-9-10-11-12-13-14-15-16-17-18-19-21-23-25-29(33)30-27(26-31)28(32)24-22-20-8-6-4-2/h11-12,14-15,22,24,27-28,31-32H,3-10,13,16-21,23,25-26H2,1-2H3,(H,30,33)/b12-11-,15-14-,24-22+. The third-order valence-corrected chi connectivity index (χ3v) is 5.87. The Hall–Kier alpha value is -1.39. The Morgan fingerprint density at radius 3 is 1.88 bits per heavy atom. The summed E-state index contributed by atoms with van der Waals surface area (Å²) in [7, 11) is 0. The molecule has 0 aromatic rings. The lowest BCUT2D eigenvalue weighted by Gasteiger charge is -2.19. The minimum atomic E-state index is -0.838. The van der Waals surface area contributed by atoms with Crippen LogP contribution in [0.1, 0.15) is 123 Å². The van der Waals surface area contributed by atoms with Crippen molar-refractivity contribution >= 4 is 5.91 Å². The number of allylic oxidation sites excluding steroid dienone is 5. The van der Waals surface area contributed by atoms with Gasteiger partial charge in [0.15, 0.2) is 0 Å². The first kappa shape index (κ1) is 31.6. The molecule has 0 aromatic heterocycles. The average Bonchev–Trinajstić information content (AvgIpc) is 2.82. The van der Waals surface area contributed by atoms with Gasteiger partial charge in [-0.15, -0.1) is 0 Å². The third kappa shape index (κ3) is 22.2. The van der Waals surface area contributed by atoms with Crippen molar-refractivity contribution in [3.8, 4) is 0 Å². The molecule has 2 unspecified atom stereocenters. The molecule has 4 nitrogen and oxygen atoms in total. The smallest absolute Gasteiger partial charge is 0.220 e. The van der Waals surface area contributed by atoms with Crippen molar-refractivity contribution in [3.05, 3.63) is 36.5 Å². The van der Waals surface area contributed by atoms with Crippen LogP contribution in [0.25, 0.3) is 0 Å². The van der Waals surface area contributed by atoms with Gasteiger partial charge in [-0.2, -0.15) is 0 Å². The van der Waals surface area contributed by atoms with Crippen molar-refractivity contribution in [3.63, 3.8) is 0 Å². The Bertz CT molecular complexity index is 513. The van der Waals surface area contributed by atoms with Gasteiger partial charge >= 0.3 is 0 Å². The molecule has 0 heterocycles. The van der Waals surface area contributed by atoms with Crippen LogP contribution < -0.4 is 5.32 Å². The molecule has 0 saturated heterocycles. The van der Waals surface area contributed by atoms with Crippen LogP contribution in [0.3, 0.4) is 0 Å². The van der Waals surface area contributed by atoms with Crippen molar-refractivity contribution in [2.45, 2.75) is 135 Å². The zero-order valence-corrected chi connectivity index (χ0v) is 21.6. The Kier molecular flexibility index (Phi) is 24.2. The van der Waals surface area contributed by atoms with E-state index in [0.29, 0.717) is 6.42 Å². The van der Waals surface area contributed by atoms with Gasteiger partial charge < -0.3 is 15.5 Å². The average molecular weight is 464 g/mol. The molecule has 4 heteroatoms. The molecule has 0 fully saturated rings. The van der Waals surface area contributed by atoms with Gasteiger partial charge in [-0.3, -0.25) is 4.79 Å². The van der Waals surface area contributed by atoms with E-state index in [0.717, 1.165) is 44.9 Å². The Morgan fingerprint density at radius 2 is 1.24 bits per heavy atom. The monoisotopic (exact) mass is 463 g/mol. The van der Waals surface area contributed by atoms with Gasteiger partial charge in [-0.05, 0) is 51.4 Å². The third-order valence-electron chi connectivity index (χ3n) is 5.87. The highest BCUT2D eigenvalue weighted by atomic mass is 16.3. The van der Waals surface area contributed by atoms with Gasteiger partial charge in [0.2, 0.25) is 5.91 Å². The first-order valence-corrected chi connectivity index (χ1v) is 13.7. The summed E-state index contributed by atoms with van der Waals surface area (Å²) in [5.41, 5.74) is 0. The van der Waals surface area contributed by atoms with Gasteiger partial charge in [-0.25, -0.2) is 0 Å². The highest BCUT2D eigenvalue weighted by Crippen LogP contribution is 2.09. The van der Waals surface area contributed by atoms with Crippen LogP contribution in [0.2, 0.25) is 0 Å². The van der Waals surface area contributed by atoms with E-state index >= 15 is 0 Å². The normalized spacial score (nSPS) is 13.9. The summed E-state index contributed by atoms with van der Waals surface area (Å²) < 4.78 is 0. The number of amides is 1. The SMILES string of the molecule is CCCCC/C=C/C(O)C(CO)NC(=O)CCCCCCC/C=C\C/C=C\CCCCCC. The van der Waals surface area contributed by atoms with Gasteiger partial charge in [0.1, 0.15) is 0 Å². The second-order valence-electron chi connectivity index (χ2n) is 9.11. The fourth-order valence-electron chi connectivity index (χ4n) is 3.67. The van der Waals surface area contributed by atoms with Gasteiger partial charge in [-0.1, -0.05) is 102 Å². The number of aliphatic hydroxyl groups excluding tert-OH is 2. The maximum atomic E-state index is 12.1. The van der Waals surface area contributed by atoms with Gasteiger partial charge in [0, 0.05) is 6.42 Å². The summed E-state index contributed by atoms with van der Waals surface area (Å²) >= 11 is 0. The molecule has 192 valence electrons. The highest BCUT2D eigenvalue weighted by molar-refractivity contribution is 5.76. The molecule has 0 rings (SSSR count). The molecule has 0 radical (unpaired) electrons. The van der Waals surface area contributed by atoms with Crippen LogP contribution in [0.5, 0.6) is 0 Å².